The van der Waals surface area contributed by atoms with Gasteiger partial charge in [-0.3, -0.25) is 9.48 Å². The minimum Gasteiger partial charge on any atom is -0.395 e. The summed E-state index contributed by atoms with van der Waals surface area (Å²) in [6.45, 7) is 6.57. The molecule has 1 aromatic rings. The van der Waals surface area contributed by atoms with E-state index in [9.17, 15) is 4.79 Å². The lowest BCUT2D eigenvalue weighted by atomic mass is 10.4. The molecule has 1 heterocycles. The lowest BCUT2D eigenvalue weighted by Crippen LogP contribution is -2.36. The Labute approximate surface area is 106 Å². The van der Waals surface area contributed by atoms with Crippen molar-refractivity contribution in [3.8, 4) is 0 Å². The van der Waals surface area contributed by atoms with Gasteiger partial charge in [0.25, 0.3) is 0 Å². The van der Waals surface area contributed by atoms with Crippen LogP contribution in [0, 0.1) is 13.8 Å². The van der Waals surface area contributed by atoms with Gasteiger partial charge in [-0.1, -0.05) is 11.6 Å². The van der Waals surface area contributed by atoms with Crippen molar-refractivity contribution in [3.05, 3.63) is 16.4 Å². The monoisotopic (exact) mass is 259 g/mol. The van der Waals surface area contributed by atoms with Crippen molar-refractivity contribution in [2.45, 2.75) is 27.3 Å². The molecule has 0 atom stereocenters. The zero-order chi connectivity index (χ0) is 13.0. The Balaban J connectivity index is 2.76. The molecular formula is C11H18ClN3O2. The molecule has 0 bridgehead atoms. The molecule has 0 unspecified atom stereocenters. The Morgan fingerprint density at radius 2 is 2.18 bits per heavy atom. The van der Waals surface area contributed by atoms with E-state index in [2.05, 4.69) is 5.10 Å². The van der Waals surface area contributed by atoms with Crippen molar-refractivity contribution < 1.29 is 9.90 Å². The lowest BCUT2D eigenvalue weighted by molar-refractivity contribution is -0.132. The molecule has 96 valence electrons. The van der Waals surface area contributed by atoms with Crippen LogP contribution in [0.4, 0.5) is 0 Å². The lowest BCUT2D eigenvalue weighted by Gasteiger charge is -2.19. The molecule has 0 aliphatic heterocycles. The molecule has 1 amide bonds. The predicted octanol–water partition coefficient (Wildman–Crippen LogP) is 0.994. The highest BCUT2D eigenvalue weighted by molar-refractivity contribution is 6.31. The summed E-state index contributed by atoms with van der Waals surface area (Å²) in [4.78, 5) is 13.5. The summed E-state index contributed by atoms with van der Waals surface area (Å²) in [6, 6.07) is 0. The molecule has 0 aromatic carbocycles. The molecule has 0 saturated carbocycles. The largest absolute Gasteiger partial charge is 0.395 e. The zero-order valence-electron chi connectivity index (χ0n) is 10.4. The molecule has 0 aliphatic carbocycles. The Morgan fingerprint density at radius 3 is 2.59 bits per heavy atom. The first-order chi connectivity index (χ1) is 8.01. The maximum absolute atomic E-state index is 11.9. The maximum Gasteiger partial charge on any atom is 0.244 e. The van der Waals surface area contributed by atoms with Gasteiger partial charge in [0.15, 0.2) is 0 Å². The fourth-order valence-electron chi connectivity index (χ4n) is 1.64. The molecule has 1 rings (SSSR count). The standard InChI is InChI=1S/C11H18ClN3O2/c1-4-14(5-6-16)10(17)7-15-9(3)11(12)8(2)13-15/h16H,4-7H2,1-3H3. The highest BCUT2D eigenvalue weighted by Crippen LogP contribution is 2.18. The number of carbonyl (C=O) groups is 1. The third-order valence-corrected chi connectivity index (χ3v) is 3.23. The Hall–Kier alpha value is -1.07. The van der Waals surface area contributed by atoms with Gasteiger partial charge in [0.2, 0.25) is 5.91 Å². The topological polar surface area (TPSA) is 58.4 Å². The molecule has 1 N–H and O–H groups in total. The first-order valence-electron chi connectivity index (χ1n) is 5.59. The molecule has 0 fully saturated rings. The van der Waals surface area contributed by atoms with Crippen molar-refractivity contribution in [2.24, 2.45) is 0 Å². The molecular weight excluding hydrogens is 242 g/mol. The van der Waals surface area contributed by atoms with Crippen LogP contribution in [0.3, 0.4) is 0 Å². The van der Waals surface area contributed by atoms with Crippen LogP contribution < -0.4 is 0 Å². The fraction of sp³-hybridized carbons (Fsp3) is 0.636. The van der Waals surface area contributed by atoms with Crippen LogP contribution in [-0.2, 0) is 11.3 Å². The van der Waals surface area contributed by atoms with E-state index in [-0.39, 0.29) is 19.1 Å². The quantitative estimate of drug-likeness (QED) is 0.858. The molecule has 1 aromatic heterocycles. The number of halogens is 1. The first kappa shape index (κ1) is 14.0. The maximum atomic E-state index is 11.9. The second kappa shape index (κ2) is 6.02. The van der Waals surface area contributed by atoms with Crippen molar-refractivity contribution in [2.75, 3.05) is 19.7 Å². The minimum absolute atomic E-state index is 0.0303. The average molecular weight is 260 g/mol. The number of likely N-dealkylation sites (N-methyl/N-ethyl adjacent to an activating group) is 1. The van der Waals surface area contributed by atoms with Gasteiger partial charge < -0.3 is 10.0 Å². The second-order valence-corrected chi connectivity index (χ2v) is 4.22. The molecule has 0 radical (unpaired) electrons. The molecule has 0 saturated heterocycles. The zero-order valence-corrected chi connectivity index (χ0v) is 11.2. The molecule has 6 heteroatoms. The number of nitrogens with zero attached hydrogens (tertiary/aromatic N) is 3. The number of carbonyl (C=O) groups excluding carboxylic acids is 1. The van der Waals surface area contributed by atoms with E-state index in [0.717, 1.165) is 11.4 Å². The molecule has 0 spiro atoms. The van der Waals surface area contributed by atoms with E-state index >= 15 is 0 Å². The van der Waals surface area contributed by atoms with Gasteiger partial charge in [-0.25, -0.2) is 0 Å². The Bertz CT molecular complexity index is 404. The summed E-state index contributed by atoms with van der Waals surface area (Å²) in [5.74, 6) is -0.0659. The van der Waals surface area contributed by atoms with Crippen LogP contribution in [0.25, 0.3) is 0 Å². The summed E-state index contributed by atoms with van der Waals surface area (Å²) in [6.07, 6.45) is 0. The minimum atomic E-state index is -0.0659. The second-order valence-electron chi connectivity index (χ2n) is 3.84. The predicted molar refractivity (Wildman–Crippen MR) is 66.1 cm³/mol. The number of hydrogen-bond acceptors (Lipinski definition) is 3. The summed E-state index contributed by atoms with van der Waals surface area (Å²) in [5.41, 5.74) is 1.51. The number of aliphatic hydroxyl groups excluding tert-OH is 1. The number of aliphatic hydroxyl groups is 1. The van der Waals surface area contributed by atoms with Crippen molar-refractivity contribution in [1.82, 2.24) is 14.7 Å². The first-order valence-corrected chi connectivity index (χ1v) is 5.97. The van der Waals surface area contributed by atoms with Crippen LogP contribution in [0.5, 0.6) is 0 Å². The molecule has 0 aliphatic rings. The van der Waals surface area contributed by atoms with Crippen LogP contribution in [0.1, 0.15) is 18.3 Å². The van der Waals surface area contributed by atoms with E-state index in [0.29, 0.717) is 18.1 Å². The Kier molecular flexibility index (Phi) is 4.96. The van der Waals surface area contributed by atoms with Gasteiger partial charge in [-0.2, -0.15) is 5.10 Å². The van der Waals surface area contributed by atoms with Crippen molar-refractivity contribution >= 4 is 17.5 Å². The van der Waals surface area contributed by atoms with Crippen LogP contribution >= 0.6 is 11.6 Å². The van der Waals surface area contributed by atoms with Crippen molar-refractivity contribution in [3.63, 3.8) is 0 Å². The van der Waals surface area contributed by atoms with Gasteiger partial charge in [-0.05, 0) is 20.8 Å². The number of amides is 1. The van der Waals surface area contributed by atoms with Crippen LogP contribution in [0.15, 0.2) is 0 Å². The van der Waals surface area contributed by atoms with Gasteiger partial charge in [-0.15, -0.1) is 0 Å². The Morgan fingerprint density at radius 1 is 1.53 bits per heavy atom. The third-order valence-electron chi connectivity index (χ3n) is 2.68. The smallest absolute Gasteiger partial charge is 0.244 e. The fourth-order valence-corrected chi connectivity index (χ4v) is 1.77. The van der Waals surface area contributed by atoms with Crippen LogP contribution in [-0.4, -0.2) is 45.4 Å². The molecule has 5 nitrogen and oxygen atoms in total. The van der Waals surface area contributed by atoms with E-state index in [4.69, 9.17) is 16.7 Å². The van der Waals surface area contributed by atoms with Crippen LogP contribution in [0.2, 0.25) is 5.02 Å². The van der Waals surface area contributed by atoms with E-state index < -0.39 is 0 Å². The van der Waals surface area contributed by atoms with Crippen molar-refractivity contribution in [1.29, 1.82) is 0 Å². The number of rotatable bonds is 5. The van der Waals surface area contributed by atoms with E-state index in [1.165, 1.54) is 0 Å². The summed E-state index contributed by atoms with van der Waals surface area (Å²) < 4.78 is 1.60. The summed E-state index contributed by atoms with van der Waals surface area (Å²) in [7, 11) is 0. The van der Waals surface area contributed by atoms with Gasteiger partial charge in [0.05, 0.1) is 23.0 Å². The van der Waals surface area contributed by atoms with Gasteiger partial charge in [0, 0.05) is 13.1 Å². The third kappa shape index (κ3) is 3.20. The van der Waals surface area contributed by atoms with Gasteiger partial charge in [0.1, 0.15) is 6.54 Å². The highest BCUT2D eigenvalue weighted by Gasteiger charge is 2.15. The number of aromatic nitrogens is 2. The number of aryl methyl sites for hydroxylation is 1. The molecule has 17 heavy (non-hydrogen) atoms. The average Bonchev–Trinajstić information content (AvgIpc) is 2.54. The highest BCUT2D eigenvalue weighted by atomic mass is 35.5. The van der Waals surface area contributed by atoms with E-state index in [1.54, 1.807) is 9.58 Å². The van der Waals surface area contributed by atoms with E-state index in [1.807, 2.05) is 20.8 Å². The summed E-state index contributed by atoms with van der Waals surface area (Å²) in [5, 5.41) is 13.6. The SMILES string of the molecule is CCN(CCO)C(=O)Cn1nc(C)c(Cl)c1C. The van der Waals surface area contributed by atoms with Gasteiger partial charge >= 0.3 is 0 Å². The number of hydrogen-bond donors (Lipinski definition) is 1. The normalized spacial score (nSPS) is 10.6. The summed E-state index contributed by atoms with van der Waals surface area (Å²) >= 11 is 6.01.